The minimum absolute atomic E-state index is 0.0650. The summed E-state index contributed by atoms with van der Waals surface area (Å²) in [5.41, 5.74) is 2.15. The minimum Gasteiger partial charge on any atom is -0.355 e. The summed E-state index contributed by atoms with van der Waals surface area (Å²) < 4.78 is 0. The Morgan fingerprint density at radius 1 is 1.28 bits per heavy atom. The molecule has 0 spiro atoms. The molecule has 1 unspecified atom stereocenters. The second-order valence-electron chi connectivity index (χ2n) is 6.25. The van der Waals surface area contributed by atoms with E-state index in [-0.39, 0.29) is 24.2 Å². The lowest BCUT2D eigenvalue weighted by Crippen LogP contribution is -2.32. The highest BCUT2D eigenvalue weighted by atomic mass is 16.2. The van der Waals surface area contributed by atoms with Gasteiger partial charge in [-0.15, -0.1) is 0 Å². The number of hydrogen-bond donors (Lipinski definition) is 2. The molecule has 2 aromatic rings. The summed E-state index contributed by atoms with van der Waals surface area (Å²) in [7, 11) is 1.99. The van der Waals surface area contributed by atoms with Crippen LogP contribution in [-0.2, 0) is 22.7 Å². The number of benzene rings is 1. The average Bonchev–Trinajstić information content (AvgIpc) is 3.07. The van der Waals surface area contributed by atoms with Crippen molar-refractivity contribution in [2.24, 2.45) is 5.92 Å². The third kappa shape index (κ3) is 4.35. The fourth-order valence-electron chi connectivity index (χ4n) is 2.96. The van der Waals surface area contributed by atoms with Crippen LogP contribution in [-0.4, -0.2) is 30.4 Å². The number of carbonyl (C=O) groups excluding carboxylic acids is 2. The Labute approximate surface area is 147 Å². The molecule has 6 heteroatoms. The highest BCUT2D eigenvalue weighted by Crippen LogP contribution is 2.18. The van der Waals surface area contributed by atoms with Crippen molar-refractivity contribution < 1.29 is 9.59 Å². The molecule has 1 atom stereocenters. The zero-order chi connectivity index (χ0) is 17.6. The van der Waals surface area contributed by atoms with E-state index < -0.39 is 0 Å². The molecule has 1 fully saturated rings. The first kappa shape index (κ1) is 17.0. The van der Waals surface area contributed by atoms with Gasteiger partial charge in [0.2, 0.25) is 11.8 Å². The van der Waals surface area contributed by atoms with Gasteiger partial charge in [-0.3, -0.25) is 9.59 Å². The summed E-state index contributed by atoms with van der Waals surface area (Å²) in [5, 5.41) is 5.61. The van der Waals surface area contributed by atoms with Gasteiger partial charge in [0.25, 0.3) is 0 Å². The molecule has 0 radical (unpaired) electrons. The second kappa shape index (κ2) is 7.79. The summed E-state index contributed by atoms with van der Waals surface area (Å²) >= 11 is 0. The zero-order valence-corrected chi connectivity index (χ0v) is 14.2. The highest BCUT2D eigenvalue weighted by Gasteiger charge is 2.27. The third-order valence-corrected chi connectivity index (χ3v) is 4.29. The molecule has 130 valence electrons. The number of carbonyl (C=O) groups is 2. The normalized spacial score (nSPS) is 16.4. The van der Waals surface area contributed by atoms with Gasteiger partial charge in [-0.1, -0.05) is 36.4 Å². The number of anilines is 1. The number of aromatic nitrogens is 1. The van der Waals surface area contributed by atoms with Crippen molar-refractivity contribution in [2.45, 2.75) is 19.5 Å². The van der Waals surface area contributed by atoms with E-state index in [9.17, 15) is 9.59 Å². The lowest BCUT2D eigenvalue weighted by molar-refractivity contribution is -0.126. The lowest BCUT2D eigenvalue weighted by Gasteiger charge is -2.21. The molecule has 1 aliphatic rings. The first-order valence-corrected chi connectivity index (χ1v) is 8.37. The van der Waals surface area contributed by atoms with Crippen LogP contribution in [0.5, 0.6) is 0 Å². The van der Waals surface area contributed by atoms with Crippen LogP contribution in [0.3, 0.4) is 0 Å². The Balaban J connectivity index is 1.64. The van der Waals surface area contributed by atoms with Gasteiger partial charge in [0, 0.05) is 44.9 Å². The second-order valence-corrected chi connectivity index (χ2v) is 6.25. The van der Waals surface area contributed by atoms with E-state index in [1.165, 1.54) is 5.56 Å². The zero-order valence-electron chi connectivity index (χ0n) is 14.2. The number of pyridine rings is 1. The van der Waals surface area contributed by atoms with Gasteiger partial charge >= 0.3 is 0 Å². The Morgan fingerprint density at radius 3 is 2.80 bits per heavy atom. The molecule has 1 aromatic carbocycles. The van der Waals surface area contributed by atoms with E-state index in [2.05, 4.69) is 32.7 Å². The van der Waals surface area contributed by atoms with Crippen LogP contribution in [0.2, 0.25) is 0 Å². The Hall–Kier alpha value is -2.89. The number of nitrogens with one attached hydrogen (secondary N) is 2. The summed E-state index contributed by atoms with van der Waals surface area (Å²) in [6, 6.07) is 14.0. The smallest absolute Gasteiger partial charge is 0.225 e. The number of rotatable bonds is 6. The monoisotopic (exact) mass is 338 g/mol. The van der Waals surface area contributed by atoms with Crippen molar-refractivity contribution >= 4 is 17.6 Å². The van der Waals surface area contributed by atoms with E-state index in [1.54, 1.807) is 6.20 Å². The number of nitrogens with zero attached hydrogens (tertiary/aromatic N) is 2. The predicted molar refractivity (Wildman–Crippen MR) is 95.7 cm³/mol. The molecule has 1 aromatic heterocycles. The number of amides is 2. The molecule has 0 saturated carbocycles. The fraction of sp³-hybridized carbons (Fsp3) is 0.316. The Bertz CT molecular complexity index is 748. The number of hydrogen-bond acceptors (Lipinski definition) is 4. The van der Waals surface area contributed by atoms with E-state index in [1.807, 2.05) is 37.4 Å². The van der Waals surface area contributed by atoms with Gasteiger partial charge < -0.3 is 15.5 Å². The maximum atomic E-state index is 12.2. The maximum absolute atomic E-state index is 12.2. The molecule has 25 heavy (non-hydrogen) atoms. The largest absolute Gasteiger partial charge is 0.355 e. The topological polar surface area (TPSA) is 74.3 Å². The molecule has 0 bridgehead atoms. The molecule has 2 heterocycles. The summed E-state index contributed by atoms with van der Waals surface area (Å²) in [6.07, 6.45) is 2.02. The summed E-state index contributed by atoms with van der Waals surface area (Å²) in [5.74, 6) is 0.394. The lowest BCUT2D eigenvalue weighted by atomic mass is 10.1. The molecular weight excluding hydrogens is 316 g/mol. The molecule has 1 saturated heterocycles. The fourth-order valence-corrected chi connectivity index (χ4v) is 2.96. The maximum Gasteiger partial charge on any atom is 0.225 e. The van der Waals surface area contributed by atoms with Crippen molar-refractivity contribution in [1.82, 2.24) is 15.6 Å². The van der Waals surface area contributed by atoms with Gasteiger partial charge in [0.05, 0.1) is 5.92 Å². The molecule has 1 aliphatic heterocycles. The Morgan fingerprint density at radius 2 is 2.08 bits per heavy atom. The highest BCUT2D eigenvalue weighted by molar-refractivity contribution is 5.89. The average molecular weight is 338 g/mol. The van der Waals surface area contributed by atoms with Crippen molar-refractivity contribution in [3.63, 3.8) is 0 Å². The SMILES string of the molecule is CN(Cc1ccccc1)c1ncccc1CNC(=O)C1CNC(=O)C1. The van der Waals surface area contributed by atoms with E-state index in [4.69, 9.17) is 0 Å². The van der Waals surface area contributed by atoms with Crippen LogP contribution in [0, 0.1) is 5.92 Å². The predicted octanol–water partition coefficient (Wildman–Crippen LogP) is 1.47. The summed E-state index contributed by atoms with van der Waals surface area (Å²) in [4.78, 5) is 30.0. The van der Waals surface area contributed by atoms with Crippen LogP contribution in [0.15, 0.2) is 48.7 Å². The Kier molecular flexibility index (Phi) is 5.28. The van der Waals surface area contributed by atoms with Crippen molar-refractivity contribution in [3.05, 3.63) is 59.8 Å². The van der Waals surface area contributed by atoms with Gasteiger partial charge in [0.15, 0.2) is 0 Å². The molecule has 0 aliphatic carbocycles. The van der Waals surface area contributed by atoms with Crippen LogP contribution in [0.25, 0.3) is 0 Å². The quantitative estimate of drug-likeness (QED) is 0.836. The molecule has 3 rings (SSSR count). The third-order valence-electron chi connectivity index (χ3n) is 4.29. The summed E-state index contributed by atoms with van der Waals surface area (Å²) in [6.45, 7) is 1.55. The minimum atomic E-state index is -0.283. The van der Waals surface area contributed by atoms with Crippen LogP contribution in [0.1, 0.15) is 17.5 Å². The standard InChI is InChI=1S/C19H22N4O2/c1-23(13-14-6-3-2-4-7-14)18-15(8-5-9-20-18)11-22-19(25)16-10-17(24)21-12-16/h2-9,16H,10-13H2,1H3,(H,21,24)(H,22,25). The van der Waals surface area contributed by atoms with Gasteiger partial charge in [-0.25, -0.2) is 4.98 Å². The molecular formula is C19H22N4O2. The molecule has 6 nitrogen and oxygen atoms in total. The van der Waals surface area contributed by atoms with Crippen LogP contribution < -0.4 is 15.5 Å². The van der Waals surface area contributed by atoms with Gasteiger partial charge in [-0.05, 0) is 11.6 Å². The van der Waals surface area contributed by atoms with Gasteiger partial charge in [-0.2, -0.15) is 0 Å². The van der Waals surface area contributed by atoms with E-state index in [0.717, 1.165) is 17.9 Å². The van der Waals surface area contributed by atoms with E-state index in [0.29, 0.717) is 13.1 Å². The first-order chi connectivity index (χ1) is 12.1. The van der Waals surface area contributed by atoms with Crippen molar-refractivity contribution in [1.29, 1.82) is 0 Å². The first-order valence-electron chi connectivity index (χ1n) is 8.37. The van der Waals surface area contributed by atoms with Crippen LogP contribution >= 0.6 is 0 Å². The molecule has 2 N–H and O–H groups in total. The van der Waals surface area contributed by atoms with Crippen LogP contribution in [0.4, 0.5) is 5.82 Å². The van der Waals surface area contributed by atoms with Crippen molar-refractivity contribution in [3.8, 4) is 0 Å². The van der Waals surface area contributed by atoms with Crippen molar-refractivity contribution in [2.75, 3.05) is 18.5 Å². The molecule has 2 amide bonds. The van der Waals surface area contributed by atoms with Gasteiger partial charge in [0.1, 0.15) is 5.82 Å². The van der Waals surface area contributed by atoms with E-state index >= 15 is 0 Å².